The zero-order chi connectivity index (χ0) is 23.5. The highest BCUT2D eigenvalue weighted by Crippen LogP contribution is 2.37. The minimum Gasteiger partial charge on any atom is -0.385 e. The third-order valence-electron chi connectivity index (χ3n) is 7.47. The Morgan fingerprint density at radius 3 is 2.89 bits per heavy atom. The van der Waals surface area contributed by atoms with Crippen molar-refractivity contribution in [1.29, 1.82) is 0 Å². The number of nitrogens with one attached hydrogen (secondary N) is 2. The van der Waals surface area contributed by atoms with E-state index in [1.165, 1.54) is 23.2 Å². The van der Waals surface area contributed by atoms with Crippen molar-refractivity contribution in [2.24, 2.45) is 0 Å². The zero-order valence-corrected chi connectivity index (χ0v) is 20.8. The van der Waals surface area contributed by atoms with Gasteiger partial charge in [-0.25, -0.2) is 15.0 Å². The Balaban J connectivity index is 1.17. The highest BCUT2D eigenvalue weighted by Gasteiger charge is 2.42. The maximum atomic E-state index is 4.99. The van der Waals surface area contributed by atoms with Crippen molar-refractivity contribution in [3.05, 3.63) is 47.8 Å². The summed E-state index contributed by atoms with van der Waals surface area (Å²) < 4.78 is 1.09. The molecule has 8 nitrogen and oxygen atoms in total. The molecule has 0 amide bonds. The third kappa shape index (κ3) is 3.70. The molecule has 9 heteroatoms. The second kappa shape index (κ2) is 8.13. The fraction of sp³-hybridized carbons (Fsp3) is 0.385. The molecule has 2 bridgehead atoms. The summed E-state index contributed by atoms with van der Waals surface area (Å²) in [5.41, 5.74) is 5.74. The number of likely N-dealkylation sites (tertiary alicyclic amines) is 1. The van der Waals surface area contributed by atoms with E-state index in [1.54, 1.807) is 11.3 Å². The van der Waals surface area contributed by atoms with E-state index in [2.05, 4.69) is 50.7 Å². The van der Waals surface area contributed by atoms with Crippen LogP contribution in [0.25, 0.3) is 20.8 Å². The van der Waals surface area contributed by atoms with E-state index in [0.29, 0.717) is 12.1 Å². The van der Waals surface area contributed by atoms with Crippen molar-refractivity contribution in [3.63, 3.8) is 0 Å². The number of rotatable bonds is 4. The molecular weight excluding hydrogens is 456 g/mol. The van der Waals surface area contributed by atoms with Crippen LogP contribution in [0, 0.1) is 6.92 Å². The summed E-state index contributed by atoms with van der Waals surface area (Å²) in [6.45, 7) is 5.13. The molecule has 0 aliphatic carbocycles. The predicted octanol–water partition coefficient (Wildman–Crippen LogP) is 4.45. The number of benzene rings is 1. The summed E-state index contributed by atoms with van der Waals surface area (Å²) >= 11 is 1.70. The first-order valence-corrected chi connectivity index (χ1v) is 13.1. The third-order valence-corrected chi connectivity index (χ3v) is 8.51. The van der Waals surface area contributed by atoms with Gasteiger partial charge in [0.05, 0.1) is 10.2 Å². The first-order chi connectivity index (χ1) is 17.1. The molecule has 35 heavy (non-hydrogen) atoms. The molecule has 178 valence electrons. The molecule has 6 heterocycles. The summed E-state index contributed by atoms with van der Waals surface area (Å²) in [6.07, 6.45) is 5.35. The molecule has 0 spiro atoms. The van der Waals surface area contributed by atoms with Gasteiger partial charge in [-0.15, -0.1) is 11.3 Å². The molecular formula is C26H28N8S. The van der Waals surface area contributed by atoms with Crippen molar-refractivity contribution >= 4 is 44.8 Å². The second-order valence-corrected chi connectivity index (χ2v) is 10.9. The molecule has 3 aliphatic rings. The highest BCUT2D eigenvalue weighted by molar-refractivity contribution is 7.21. The van der Waals surface area contributed by atoms with Crippen molar-refractivity contribution < 1.29 is 0 Å². The molecule has 2 N–H and O–H groups in total. The number of anilines is 4. The summed E-state index contributed by atoms with van der Waals surface area (Å²) in [5, 5.41) is 7.98. The van der Waals surface area contributed by atoms with E-state index in [1.807, 2.05) is 25.3 Å². The van der Waals surface area contributed by atoms with Crippen LogP contribution in [0.5, 0.6) is 0 Å². The van der Waals surface area contributed by atoms with Gasteiger partial charge in [0, 0.05) is 67.0 Å². The molecule has 2 saturated heterocycles. The van der Waals surface area contributed by atoms with Crippen molar-refractivity contribution in [2.75, 3.05) is 42.2 Å². The van der Waals surface area contributed by atoms with E-state index in [-0.39, 0.29) is 0 Å². The minimum atomic E-state index is 0.501. The van der Waals surface area contributed by atoms with Crippen LogP contribution in [0.2, 0.25) is 0 Å². The summed E-state index contributed by atoms with van der Waals surface area (Å²) in [5.74, 6) is 2.33. The lowest BCUT2D eigenvalue weighted by Crippen LogP contribution is -2.45. The SMILES string of the molecule is Cc1cc(Nc2cc3nc(-c4cccc5c4CCCN5)sc3cn2)nc(N2C[C@@H]3C[C@H]2CN3C)n1. The van der Waals surface area contributed by atoms with Gasteiger partial charge in [-0.2, -0.15) is 4.98 Å². The average Bonchev–Trinajstić information content (AvgIpc) is 3.57. The summed E-state index contributed by atoms with van der Waals surface area (Å²) in [7, 11) is 2.21. The van der Waals surface area contributed by atoms with Gasteiger partial charge in [0.1, 0.15) is 16.6 Å². The topological polar surface area (TPSA) is 82.1 Å². The molecule has 7 rings (SSSR count). The van der Waals surface area contributed by atoms with Gasteiger partial charge in [0.25, 0.3) is 0 Å². The van der Waals surface area contributed by atoms with E-state index in [9.17, 15) is 0 Å². The lowest BCUT2D eigenvalue weighted by atomic mass is 9.98. The van der Waals surface area contributed by atoms with Gasteiger partial charge >= 0.3 is 0 Å². The molecule has 2 fully saturated rings. The molecule has 1 aromatic carbocycles. The molecule has 4 aromatic rings. The van der Waals surface area contributed by atoms with Gasteiger partial charge in [0.15, 0.2) is 0 Å². The standard InChI is InChI=1S/C26H28N8S/c1-15-9-24(32-26(29-15)34-14-16-10-17(34)13-33(16)2)31-23-11-21-22(12-28-23)35-25(30-21)19-5-3-7-20-18(19)6-4-8-27-20/h3,5,7,9,11-12,16-17,27H,4,6,8,10,13-14H2,1-2H3,(H,28,29,31,32)/t16-,17-/m0/s1. The maximum absolute atomic E-state index is 4.99. The van der Waals surface area contributed by atoms with Crippen LogP contribution >= 0.6 is 11.3 Å². The Bertz CT molecular complexity index is 1430. The smallest absolute Gasteiger partial charge is 0.227 e. The highest BCUT2D eigenvalue weighted by atomic mass is 32.1. The number of pyridine rings is 1. The second-order valence-electron chi connectivity index (χ2n) is 9.87. The van der Waals surface area contributed by atoms with E-state index in [4.69, 9.17) is 15.0 Å². The monoisotopic (exact) mass is 484 g/mol. The fourth-order valence-electron chi connectivity index (χ4n) is 5.72. The molecule has 3 aliphatic heterocycles. The average molecular weight is 485 g/mol. The first-order valence-electron chi connectivity index (χ1n) is 12.3. The first kappa shape index (κ1) is 21.0. The predicted molar refractivity (Wildman–Crippen MR) is 142 cm³/mol. The van der Waals surface area contributed by atoms with Crippen LogP contribution in [0.15, 0.2) is 36.5 Å². The Morgan fingerprint density at radius 2 is 2.03 bits per heavy atom. The normalized spacial score (nSPS) is 21.4. The minimum absolute atomic E-state index is 0.501. The zero-order valence-electron chi connectivity index (χ0n) is 20.0. The molecule has 0 radical (unpaired) electrons. The van der Waals surface area contributed by atoms with Crippen LogP contribution < -0.4 is 15.5 Å². The van der Waals surface area contributed by atoms with Gasteiger partial charge in [-0.05, 0) is 44.9 Å². The Kier molecular flexibility index (Phi) is 4.89. The number of hydrogen-bond acceptors (Lipinski definition) is 9. The number of likely N-dealkylation sites (N-methyl/N-ethyl adjacent to an activating group) is 1. The van der Waals surface area contributed by atoms with Crippen LogP contribution in [0.1, 0.15) is 24.1 Å². The van der Waals surface area contributed by atoms with Crippen LogP contribution in [0.4, 0.5) is 23.3 Å². The van der Waals surface area contributed by atoms with Crippen LogP contribution in [-0.2, 0) is 6.42 Å². The number of fused-ring (bicyclic) bond motifs is 4. The lowest BCUT2D eigenvalue weighted by molar-refractivity contribution is 0.291. The quantitative estimate of drug-likeness (QED) is 0.440. The Hall–Kier alpha value is -3.30. The lowest BCUT2D eigenvalue weighted by Gasteiger charge is -2.32. The van der Waals surface area contributed by atoms with Crippen LogP contribution in [0.3, 0.4) is 0 Å². The number of piperazine rings is 1. The van der Waals surface area contributed by atoms with E-state index < -0.39 is 0 Å². The number of thiazole rings is 1. The molecule has 0 unspecified atom stereocenters. The van der Waals surface area contributed by atoms with Crippen molar-refractivity contribution in [2.45, 2.75) is 38.3 Å². The Morgan fingerprint density at radius 1 is 1.09 bits per heavy atom. The number of aryl methyl sites for hydroxylation is 1. The summed E-state index contributed by atoms with van der Waals surface area (Å²) in [4.78, 5) is 24.1. The van der Waals surface area contributed by atoms with Gasteiger partial charge < -0.3 is 15.5 Å². The number of nitrogens with zero attached hydrogens (tertiary/aromatic N) is 6. The molecule has 0 saturated carbocycles. The van der Waals surface area contributed by atoms with Crippen LogP contribution in [-0.4, -0.2) is 63.6 Å². The van der Waals surface area contributed by atoms with Crippen molar-refractivity contribution in [1.82, 2.24) is 24.8 Å². The molecule has 3 aromatic heterocycles. The van der Waals surface area contributed by atoms with Crippen molar-refractivity contribution in [3.8, 4) is 10.6 Å². The Labute approximate surface area is 208 Å². The van der Waals surface area contributed by atoms with Gasteiger partial charge in [-0.3, -0.25) is 4.90 Å². The largest absolute Gasteiger partial charge is 0.385 e. The van der Waals surface area contributed by atoms with Gasteiger partial charge in [0.2, 0.25) is 5.95 Å². The number of aromatic nitrogens is 4. The molecule has 2 atom stereocenters. The number of hydrogen-bond donors (Lipinski definition) is 2. The van der Waals surface area contributed by atoms with Gasteiger partial charge in [-0.1, -0.05) is 12.1 Å². The summed E-state index contributed by atoms with van der Waals surface area (Å²) in [6, 6.07) is 11.6. The fourth-order valence-corrected chi connectivity index (χ4v) is 6.68. The van der Waals surface area contributed by atoms with E-state index >= 15 is 0 Å². The van der Waals surface area contributed by atoms with E-state index in [0.717, 1.165) is 71.0 Å². The maximum Gasteiger partial charge on any atom is 0.227 e.